The highest BCUT2D eigenvalue weighted by molar-refractivity contribution is 6.35. The largest absolute Gasteiger partial charge is 0.454 e. The molecule has 0 saturated heterocycles. The summed E-state index contributed by atoms with van der Waals surface area (Å²) in [5.74, 6) is 0.904. The second-order valence-corrected chi connectivity index (χ2v) is 5.70. The molecule has 23 heavy (non-hydrogen) atoms. The van der Waals surface area contributed by atoms with Gasteiger partial charge in [0.15, 0.2) is 0 Å². The van der Waals surface area contributed by atoms with E-state index in [9.17, 15) is 5.26 Å². The van der Waals surface area contributed by atoms with Gasteiger partial charge in [-0.3, -0.25) is 0 Å². The zero-order valence-corrected chi connectivity index (χ0v) is 13.4. The quantitative estimate of drug-likeness (QED) is 0.676. The Balaban J connectivity index is 1.91. The molecule has 3 rings (SSSR count). The van der Waals surface area contributed by atoms with E-state index in [0.29, 0.717) is 33.7 Å². The Labute approximate surface area is 143 Å². The molecule has 2 aromatic carbocycles. The molecule has 0 bridgehead atoms. The number of nitriles is 1. The van der Waals surface area contributed by atoms with Gasteiger partial charge in [0.2, 0.25) is 0 Å². The van der Waals surface area contributed by atoms with E-state index in [1.165, 1.54) is 0 Å². The fraction of sp³-hybridized carbons (Fsp3) is 0.0588. The fourth-order valence-corrected chi connectivity index (χ4v) is 2.56. The first-order valence-electron chi connectivity index (χ1n) is 6.77. The summed E-state index contributed by atoms with van der Waals surface area (Å²) in [5, 5.41) is 10.2. The third kappa shape index (κ3) is 3.65. The third-order valence-electron chi connectivity index (χ3n) is 3.20. The van der Waals surface area contributed by atoms with Crippen LogP contribution in [-0.2, 0) is 6.54 Å². The van der Waals surface area contributed by atoms with Crippen molar-refractivity contribution in [2.75, 3.05) is 0 Å². The number of hydrogen-bond acceptors (Lipinski definition) is 3. The molecule has 1 aromatic heterocycles. The molecule has 0 saturated carbocycles. The molecular weight excluding hydrogens is 333 g/mol. The second kappa shape index (κ2) is 6.74. The van der Waals surface area contributed by atoms with Crippen LogP contribution in [0.5, 0.6) is 11.5 Å². The monoisotopic (exact) mass is 343 g/mol. The predicted octanol–water partition coefficient (Wildman–Crippen LogP) is 4.90. The van der Waals surface area contributed by atoms with E-state index in [2.05, 4.69) is 11.1 Å². The molecule has 0 aliphatic rings. The van der Waals surface area contributed by atoms with Gasteiger partial charge in [-0.05, 0) is 35.9 Å². The molecule has 0 atom stereocenters. The highest BCUT2D eigenvalue weighted by Crippen LogP contribution is 2.33. The Kier molecular flexibility index (Phi) is 4.52. The Morgan fingerprint density at radius 2 is 2.00 bits per heavy atom. The van der Waals surface area contributed by atoms with Gasteiger partial charge in [-0.2, -0.15) is 5.26 Å². The Morgan fingerprint density at radius 1 is 1.13 bits per heavy atom. The van der Waals surface area contributed by atoms with Crippen molar-refractivity contribution in [3.05, 3.63) is 76.3 Å². The van der Waals surface area contributed by atoms with Gasteiger partial charge < -0.3 is 9.30 Å². The second-order valence-electron chi connectivity index (χ2n) is 4.85. The normalized spacial score (nSPS) is 10.3. The summed E-state index contributed by atoms with van der Waals surface area (Å²) in [6, 6.07) is 12.5. The average Bonchev–Trinajstić information content (AvgIpc) is 3.03. The van der Waals surface area contributed by atoms with Crippen LogP contribution in [0.4, 0.5) is 0 Å². The van der Waals surface area contributed by atoms with Crippen LogP contribution < -0.4 is 4.74 Å². The van der Waals surface area contributed by atoms with Gasteiger partial charge in [0.1, 0.15) is 17.6 Å². The number of halogens is 2. The number of aromatic nitrogens is 2. The molecule has 0 fully saturated rings. The number of ether oxygens (including phenoxy) is 1. The lowest BCUT2D eigenvalue weighted by Gasteiger charge is -2.11. The molecule has 0 aliphatic carbocycles. The molecule has 0 spiro atoms. The van der Waals surface area contributed by atoms with Crippen LogP contribution in [0.25, 0.3) is 0 Å². The first-order valence-corrected chi connectivity index (χ1v) is 7.53. The van der Waals surface area contributed by atoms with Crippen molar-refractivity contribution in [1.82, 2.24) is 9.55 Å². The van der Waals surface area contributed by atoms with Crippen molar-refractivity contribution < 1.29 is 4.74 Å². The molecule has 0 aliphatic heterocycles. The van der Waals surface area contributed by atoms with Crippen molar-refractivity contribution in [2.24, 2.45) is 0 Å². The Hall–Kier alpha value is -2.48. The van der Waals surface area contributed by atoms with E-state index in [4.69, 9.17) is 27.9 Å². The predicted molar refractivity (Wildman–Crippen MR) is 89.0 cm³/mol. The summed E-state index contributed by atoms with van der Waals surface area (Å²) in [4.78, 5) is 4.01. The van der Waals surface area contributed by atoms with Crippen LogP contribution in [0.3, 0.4) is 0 Å². The molecule has 1 heterocycles. The summed E-state index contributed by atoms with van der Waals surface area (Å²) in [5.41, 5.74) is 1.42. The van der Waals surface area contributed by atoms with E-state index < -0.39 is 0 Å². The lowest BCUT2D eigenvalue weighted by Crippen LogP contribution is -1.98. The van der Waals surface area contributed by atoms with Gasteiger partial charge >= 0.3 is 0 Å². The Bertz CT molecular complexity index is 870. The molecule has 6 heteroatoms. The van der Waals surface area contributed by atoms with Crippen LogP contribution in [-0.4, -0.2) is 9.55 Å². The van der Waals surface area contributed by atoms with Gasteiger partial charge in [0, 0.05) is 24.0 Å². The summed E-state index contributed by atoms with van der Waals surface area (Å²) < 4.78 is 7.74. The van der Waals surface area contributed by atoms with Gasteiger partial charge in [0.05, 0.1) is 16.9 Å². The number of benzene rings is 2. The van der Waals surface area contributed by atoms with Crippen LogP contribution in [0.15, 0.2) is 55.1 Å². The lowest BCUT2D eigenvalue weighted by atomic mass is 10.1. The molecular formula is C17H11Cl2N3O. The first kappa shape index (κ1) is 15.4. The third-order valence-corrected chi connectivity index (χ3v) is 3.74. The molecule has 3 aromatic rings. The summed E-state index contributed by atoms with van der Waals surface area (Å²) >= 11 is 12.0. The van der Waals surface area contributed by atoms with Gasteiger partial charge in [0.25, 0.3) is 0 Å². The molecule has 0 N–H and O–H groups in total. The number of rotatable bonds is 4. The zero-order valence-electron chi connectivity index (χ0n) is 11.9. The molecule has 114 valence electrons. The average molecular weight is 344 g/mol. The highest BCUT2D eigenvalue weighted by Gasteiger charge is 2.10. The minimum absolute atomic E-state index is 0.390. The van der Waals surface area contributed by atoms with Crippen molar-refractivity contribution in [2.45, 2.75) is 6.54 Å². The number of imidazole rings is 1. The smallest absolute Gasteiger partial charge is 0.146 e. The molecule has 4 nitrogen and oxygen atoms in total. The van der Waals surface area contributed by atoms with E-state index >= 15 is 0 Å². The topological polar surface area (TPSA) is 50.8 Å². The summed E-state index contributed by atoms with van der Waals surface area (Å²) in [6.45, 7) is 0.635. The van der Waals surface area contributed by atoms with Crippen molar-refractivity contribution in [3.8, 4) is 17.6 Å². The first-order chi connectivity index (χ1) is 11.2. The van der Waals surface area contributed by atoms with E-state index in [0.717, 1.165) is 5.56 Å². The van der Waals surface area contributed by atoms with Crippen LogP contribution in [0.2, 0.25) is 10.0 Å². The van der Waals surface area contributed by atoms with Crippen molar-refractivity contribution in [3.63, 3.8) is 0 Å². The van der Waals surface area contributed by atoms with Gasteiger partial charge in [-0.1, -0.05) is 29.3 Å². The van der Waals surface area contributed by atoms with E-state index in [1.807, 2.05) is 22.9 Å². The Morgan fingerprint density at radius 3 is 2.70 bits per heavy atom. The van der Waals surface area contributed by atoms with Crippen molar-refractivity contribution >= 4 is 23.2 Å². The maximum atomic E-state index is 9.26. The lowest BCUT2D eigenvalue weighted by molar-refractivity contribution is 0.480. The van der Waals surface area contributed by atoms with Gasteiger partial charge in [-0.15, -0.1) is 0 Å². The molecule has 0 unspecified atom stereocenters. The van der Waals surface area contributed by atoms with Crippen LogP contribution >= 0.6 is 23.2 Å². The maximum absolute atomic E-state index is 9.26. The van der Waals surface area contributed by atoms with Crippen molar-refractivity contribution in [1.29, 1.82) is 5.26 Å². The highest BCUT2D eigenvalue weighted by atomic mass is 35.5. The number of nitrogens with zero attached hydrogens (tertiary/aromatic N) is 3. The van der Waals surface area contributed by atoms with Gasteiger partial charge in [-0.25, -0.2) is 4.98 Å². The minimum atomic E-state index is 0.390. The molecule has 0 radical (unpaired) electrons. The minimum Gasteiger partial charge on any atom is -0.454 e. The standard InChI is InChI=1S/C17H11Cl2N3O/c18-14-3-4-16(15(19)8-14)23-17-7-12(1-2-13(17)9-20)10-22-6-5-21-11-22/h1-8,11H,10H2. The van der Waals surface area contributed by atoms with Crippen LogP contribution in [0.1, 0.15) is 11.1 Å². The maximum Gasteiger partial charge on any atom is 0.146 e. The zero-order chi connectivity index (χ0) is 16.2. The van der Waals surface area contributed by atoms with E-state index in [1.54, 1.807) is 36.8 Å². The van der Waals surface area contributed by atoms with E-state index in [-0.39, 0.29) is 0 Å². The number of hydrogen-bond donors (Lipinski definition) is 0. The molecule has 0 amide bonds. The summed E-state index contributed by atoms with van der Waals surface area (Å²) in [7, 11) is 0. The van der Waals surface area contributed by atoms with Crippen LogP contribution in [0, 0.1) is 11.3 Å². The summed E-state index contributed by atoms with van der Waals surface area (Å²) in [6.07, 6.45) is 5.32. The fourth-order valence-electron chi connectivity index (χ4n) is 2.11. The SMILES string of the molecule is N#Cc1ccc(Cn2ccnc2)cc1Oc1ccc(Cl)cc1Cl.